The van der Waals surface area contributed by atoms with Crippen LogP contribution in [-0.2, 0) is 3.79 Å². The lowest BCUT2D eigenvalue weighted by Gasteiger charge is -2.04. The molecule has 1 aromatic rings. The van der Waals surface area contributed by atoms with Crippen molar-refractivity contribution in [2.24, 2.45) is 4.99 Å². The standard InChI is InChI=1S/C8H8Cl3N3/c1-5-6(3-4-12-2)14-7(13-5)8(9,10)11/h3-4H,2H2,1H3,(H,13,14)/b4-3-. The second-order valence-electron chi connectivity index (χ2n) is 2.59. The summed E-state index contributed by atoms with van der Waals surface area (Å²) >= 11 is 17.0. The lowest BCUT2D eigenvalue weighted by atomic mass is 10.3. The summed E-state index contributed by atoms with van der Waals surface area (Å²) in [7, 11) is 0. The third-order valence-corrected chi connectivity index (χ3v) is 2.07. The SMILES string of the molecule is C=N/C=C\c1nc(C(Cl)(Cl)Cl)[nH]c1C. The van der Waals surface area contributed by atoms with E-state index >= 15 is 0 Å². The number of nitrogens with zero attached hydrogens (tertiary/aromatic N) is 2. The van der Waals surface area contributed by atoms with Gasteiger partial charge in [-0.15, -0.1) is 0 Å². The number of imidazole rings is 1. The highest BCUT2D eigenvalue weighted by molar-refractivity contribution is 6.66. The highest BCUT2D eigenvalue weighted by atomic mass is 35.6. The zero-order chi connectivity index (χ0) is 10.8. The summed E-state index contributed by atoms with van der Waals surface area (Å²) in [5.41, 5.74) is 1.49. The van der Waals surface area contributed by atoms with Crippen LogP contribution in [-0.4, -0.2) is 16.7 Å². The molecule has 3 nitrogen and oxygen atoms in total. The summed E-state index contributed by atoms with van der Waals surface area (Å²) in [6.07, 6.45) is 3.20. The number of rotatable bonds is 2. The Morgan fingerprint density at radius 1 is 1.50 bits per heavy atom. The molecule has 0 saturated carbocycles. The van der Waals surface area contributed by atoms with Crippen molar-refractivity contribution < 1.29 is 0 Å². The molecule has 0 aliphatic heterocycles. The zero-order valence-electron chi connectivity index (χ0n) is 7.39. The van der Waals surface area contributed by atoms with E-state index in [-0.39, 0.29) is 0 Å². The first-order valence-corrected chi connectivity index (χ1v) is 4.84. The van der Waals surface area contributed by atoms with Crippen LogP contribution in [0.15, 0.2) is 11.2 Å². The van der Waals surface area contributed by atoms with Crippen molar-refractivity contribution in [3.8, 4) is 0 Å². The molecule has 14 heavy (non-hydrogen) atoms. The predicted molar refractivity (Wildman–Crippen MR) is 61.1 cm³/mol. The molecule has 0 aromatic carbocycles. The number of aromatic amines is 1. The molecule has 0 aliphatic carbocycles. The normalized spacial score (nSPS) is 12.3. The zero-order valence-corrected chi connectivity index (χ0v) is 9.66. The van der Waals surface area contributed by atoms with Gasteiger partial charge in [-0.05, 0) is 19.7 Å². The van der Waals surface area contributed by atoms with Crippen molar-refractivity contribution in [1.29, 1.82) is 0 Å². The van der Waals surface area contributed by atoms with Crippen LogP contribution < -0.4 is 0 Å². The molecular weight excluding hydrogens is 244 g/mol. The first kappa shape index (κ1) is 11.6. The number of aryl methyl sites for hydroxylation is 1. The number of alkyl halides is 3. The van der Waals surface area contributed by atoms with Crippen LogP contribution in [0.2, 0.25) is 0 Å². The number of hydrogen-bond donors (Lipinski definition) is 1. The molecule has 0 bridgehead atoms. The molecule has 1 N–H and O–H groups in total. The van der Waals surface area contributed by atoms with Crippen LogP contribution in [0.25, 0.3) is 6.08 Å². The van der Waals surface area contributed by atoms with E-state index < -0.39 is 3.79 Å². The fourth-order valence-corrected chi connectivity index (χ4v) is 1.16. The first-order valence-electron chi connectivity index (χ1n) is 3.71. The van der Waals surface area contributed by atoms with Gasteiger partial charge in [-0.25, -0.2) is 4.98 Å². The van der Waals surface area contributed by atoms with Crippen molar-refractivity contribution in [2.75, 3.05) is 0 Å². The summed E-state index contributed by atoms with van der Waals surface area (Å²) in [6, 6.07) is 0. The molecule has 0 saturated heterocycles. The minimum absolute atomic E-state index is 0.295. The average molecular weight is 253 g/mol. The van der Waals surface area contributed by atoms with Gasteiger partial charge in [-0.3, -0.25) is 4.99 Å². The molecular formula is C8H8Cl3N3. The Hall–Kier alpha value is -0.510. The van der Waals surface area contributed by atoms with E-state index in [2.05, 4.69) is 21.7 Å². The van der Waals surface area contributed by atoms with Crippen molar-refractivity contribution in [3.05, 3.63) is 23.4 Å². The van der Waals surface area contributed by atoms with Gasteiger partial charge < -0.3 is 4.98 Å². The summed E-state index contributed by atoms with van der Waals surface area (Å²) < 4.78 is -1.53. The van der Waals surface area contributed by atoms with Crippen LogP contribution >= 0.6 is 34.8 Å². The van der Waals surface area contributed by atoms with Gasteiger partial charge in [-0.1, -0.05) is 34.8 Å². The molecule has 6 heteroatoms. The average Bonchev–Trinajstić information content (AvgIpc) is 2.43. The molecule has 0 aliphatic rings. The van der Waals surface area contributed by atoms with Gasteiger partial charge in [0.05, 0.1) is 5.69 Å². The van der Waals surface area contributed by atoms with E-state index in [1.807, 2.05) is 6.92 Å². The van der Waals surface area contributed by atoms with Gasteiger partial charge in [0.2, 0.25) is 3.79 Å². The molecule has 1 rings (SSSR count). The largest absolute Gasteiger partial charge is 0.342 e. The van der Waals surface area contributed by atoms with E-state index in [0.29, 0.717) is 11.5 Å². The summed E-state index contributed by atoms with van der Waals surface area (Å²) in [4.78, 5) is 10.5. The Labute approximate surface area is 96.8 Å². The van der Waals surface area contributed by atoms with Gasteiger partial charge >= 0.3 is 0 Å². The lowest BCUT2D eigenvalue weighted by molar-refractivity contribution is 1.02. The van der Waals surface area contributed by atoms with E-state index in [0.717, 1.165) is 5.69 Å². The molecule has 1 heterocycles. The van der Waals surface area contributed by atoms with Crippen LogP contribution in [0.5, 0.6) is 0 Å². The van der Waals surface area contributed by atoms with Crippen LogP contribution in [0, 0.1) is 6.92 Å². The van der Waals surface area contributed by atoms with Crippen molar-refractivity contribution in [2.45, 2.75) is 10.7 Å². The van der Waals surface area contributed by atoms with E-state index in [4.69, 9.17) is 34.8 Å². The summed E-state index contributed by atoms with van der Waals surface area (Å²) in [6.45, 7) is 5.14. The molecule has 0 unspecified atom stereocenters. The Balaban J connectivity index is 3.05. The molecule has 1 aromatic heterocycles. The Morgan fingerprint density at radius 2 is 2.14 bits per heavy atom. The maximum absolute atomic E-state index is 5.66. The van der Waals surface area contributed by atoms with Gasteiger partial charge in [0, 0.05) is 11.9 Å². The second kappa shape index (κ2) is 4.34. The Morgan fingerprint density at radius 3 is 2.57 bits per heavy atom. The summed E-state index contributed by atoms with van der Waals surface area (Å²) in [5, 5.41) is 0. The number of nitrogens with one attached hydrogen (secondary N) is 1. The second-order valence-corrected chi connectivity index (χ2v) is 4.87. The molecule has 0 fully saturated rings. The number of aliphatic imine (C=N–C) groups is 1. The topological polar surface area (TPSA) is 41.0 Å². The fraction of sp³-hybridized carbons (Fsp3) is 0.250. The maximum Gasteiger partial charge on any atom is 0.248 e. The number of H-pyrrole nitrogens is 1. The van der Waals surface area contributed by atoms with Crippen molar-refractivity contribution >= 4 is 47.6 Å². The van der Waals surface area contributed by atoms with E-state index in [1.165, 1.54) is 6.20 Å². The van der Waals surface area contributed by atoms with Gasteiger partial charge in [0.1, 0.15) is 0 Å². The van der Waals surface area contributed by atoms with Gasteiger partial charge in [-0.2, -0.15) is 0 Å². The maximum atomic E-state index is 5.66. The number of aromatic nitrogens is 2. The predicted octanol–water partition coefficient (Wildman–Crippen LogP) is 3.22. The fourth-order valence-electron chi connectivity index (χ4n) is 0.894. The minimum atomic E-state index is -1.53. The minimum Gasteiger partial charge on any atom is -0.342 e. The molecule has 0 atom stereocenters. The molecule has 0 spiro atoms. The molecule has 76 valence electrons. The van der Waals surface area contributed by atoms with Crippen molar-refractivity contribution in [3.63, 3.8) is 0 Å². The third-order valence-electron chi connectivity index (χ3n) is 1.53. The first-order chi connectivity index (χ1) is 6.45. The smallest absolute Gasteiger partial charge is 0.248 e. The Kier molecular flexibility index (Phi) is 3.59. The van der Waals surface area contributed by atoms with E-state index in [9.17, 15) is 0 Å². The van der Waals surface area contributed by atoms with Crippen LogP contribution in [0.3, 0.4) is 0 Å². The molecule has 0 amide bonds. The summed E-state index contributed by atoms with van der Waals surface area (Å²) in [5.74, 6) is 0.295. The monoisotopic (exact) mass is 251 g/mol. The lowest BCUT2D eigenvalue weighted by Crippen LogP contribution is -2.02. The van der Waals surface area contributed by atoms with Crippen LogP contribution in [0.1, 0.15) is 17.2 Å². The van der Waals surface area contributed by atoms with E-state index in [1.54, 1.807) is 6.08 Å². The third kappa shape index (κ3) is 2.74. The van der Waals surface area contributed by atoms with Gasteiger partial charge in [0.15, 0.2) is 5.82 Å². The number of hydrogen-bond acceptors (Lipinski definition) is 2. The highest BCUT2D eigenvalue weighted by Crippen LogP contribution is 2.36. The highest BCUT2D eigenvalue weighted by Gasteiger charge is 2.27. The van der Waals surface area contributed by atoms with Gasteiger partial charge in [0.25, 0.3) is 0 Å². The quantitative estimate of drug-likeness (QED) is 0.637. The molecule has 0 radical (unpaired) electrons. The van der Waals surface area contributed by atoms with Crippen LogP contribution in [0.4, 0.5) is 0 Å². The number of halogens is 3. The van der Waals surface area contributed by atoms with Crippen molar-refractivity contribution in [1.82, 2.24) is 9.97 Å². The Bertz CT molecular complexity index is 362.